The standard InChI is InChI=1S/C18H28N4O3/c1-14-4-2-3-5-22(14)15-11-21(12-15)18(23)17-10-16(25-19-17)13-20-6-8-24-9-7-20/h10,14-15H,2-9,11-13H2,1H3. The highest BCUT2D eigenvalue weighted by Crippen LogP contribution is 2.25. The van der Waals surface area contributed by atoms with Crippen LogP contribution >= 0.6 is 0 Å². The van der Waals surface area contributed by atoms with Gasteiger partial charge in [0.25, 0.3) is 5.91 Å². The maximum atomic E-state index is 12.6. The minimum atomic E-state index is -0.00195. The normalized spacial score (nSPS) is 26.6. The fourth-order valence-corrected chi connectivity index (χ4v) is 4.12. The molecule has 1 atom stereocenters. The monoisotopic (exact) mass is 348 g/mol. The number of carbonyl (C=O) groups excluding carboxylic acids is 1. The number of aromatic nitrogens is 1. The average Bonchev–Trinajstić information content (AvgIpc) is 3.04. The molecule has 7 heteroatoms. The third-order valence-electron chi connectivity index (χ3n) is 5.73. The fourth-order valence-electron chi connectivity index (χ4n) is 4.12. The Balaban J connectivity index is 1.29. The Bertz CT molecular complexity index is 593. The second kappa shape index (κ2) is 7.43. The number of piperidine rings is 1. The summed E-state index contributed by atoms with van der Waals surface area (Å²) in [6, 6.07) is 2.96. The molecule has 1 aromatic rings. The molecule has 4 rings (SSSR count). The van der Waals surface area contributed by atoms with Crippen molar-refractivity contribution in [2.75, 3.05) is 45.9 Å². The van der Waals surface area contributed by atoms with Crippen LogP contribution in [0.25, 0.3) is 0 Å². The maximum absolute atomic E-state index is 12.6. The summed E-state index contributed by atoms with van der Waals surface area (Å²) in [4.78, 5) is 19.3. The van der Waals surface area contributed by atoms with Crippen LogP contribution in [-0.2, 0) is 11.3 Å². The predicted molar refractivity (Wildman–Crippen MR) is 92.3 cm³/mol. The van der Waals surface area contributed by atoms with E-state index in [0.29, 0.717) is 24.3 Å². The molecule has 3 fully saturated rings. The molecule has 0 N–H and O–H groups in total. The fraction of sp³-hybridized carbons (Fsp3) is 0.778. The molecule has 138 valence electrons. The van der Waals surface area contributed by atoms with Crippen LogP contribution < -0.4 is 0 Å². The average molecular weight is 348 g/mol. The molecule has 4 heterocycles. The number of morpholine rings is 1. The number of hydrogen-bond donors (Lipinski definition) is 0. The lowest BCUT2D eigenvalue weighted by Crippen LogP contribution is -2.63. The number of rotatable bonds is 4. The summed E-state index contributed by atoms with van der Waals surface area (Å²) in [6.45, 7) is 9.09. The van der Waals surface area contributed by atoms with Crippen LogP contribution in [-0.4, -0.2) is 83.8 Å². The Morgan fingerprint density at radius 1 is 1.24 bits per heavy atom. The van der Waals surface area contributed by atoms with Crippen LogP contribution in [0.5, 0.6) is 0 Å². The van der Waals surface area contributed by atoms with E-state index in [0.717, 1.165) is 45.2 Å². The Hall–Kier alpha value is -1.44. The van der Waals surface area contributed by atoms with Gasteiger partial charge in [0.05, 0.1) is 19.8 Å². The molecular weight excluding hydrogens is 320 g/mol. The topological polar surface area (TPSA) is 62.0 Å². The van der Waals surface area contributed by atoms with E-state index in [1.54, 1.807) is 6.07 Å². The van der Waals surface area contributed by atoms with Crippen molar-refractivity contribution in [2.24, 2.45) is 0 Å². The lowest BCUT2D eigenvalue weighted by molar-refractivity contribution is 0.00160. The van der Waals surface area contributed by atoms with E-state index in [-0.39, 0.29) is 5.91 Å². The lowest BCUT2D eigenvalue weighted by Gasteiger charge is -2.49. The summed E-state index contributed by atoms with van der Waals surface area (Å²) in [7, 11) is 0. The van der Waals surface area contributed by atoms with E-state index in [1.807, 2.05) is 4.90 Å². The van der Waals surface area contributed by atoms with E-state index < -0.39 is 0 Å². The molecule has 0 aromatic carbocycles. The summed E-state index contributed by atoms with van der Waals surface area (Å²) < 4.78 is 10.7. The molecule has 0 aliphatic carbocycles. The van der Waals surface area contributed by atoms with Gasteiger partial charge in [-0.05, 0) is 26.3 Å². The molecule has 7 nitrogen and oxygen atoms in total. The molecule has 0 spiro atoms. The van der Waals surface area contributed by atoms with Crippen LogP contribution in [0.2, 0.25) is 0 Å². The van der Waals surface area contributed by atoms with Crippen LogP contribution in [0.4, 0.5) is 0 Å². The Labute approximate surface area is 148 Å². The molecule has 25 heavy (non-hydrogen) atoms. The van der Waals surface area contributed by atoms with Crippen molar-refractivity contribution in [3.63, 3.8) is 0 Å². The van der Waals surface area contributed by atoms with Gasteiger partial charge < -0.3 is 14.2 Å². The highest BCUT2D eigenvalue weighted by Gasteiger charge is 2.38. The first-order valence-electron chi connectivity index (χ1n) is 9.51. The number of hydrogen-bond acceptors (Lipinski definition) is 6. The van der Waals surface area contributed by atoms with Gasteiger partial charge in [0.1, 0.15) is 0 Å². The summed E-state index contributed by atoms with van der Waals surface area (Å²) >= 11 is 0. The SMILES string of the molecule is CC1CCCCN1C1CN(C(=O)c2cc(CN3CCOCC3)on2)C1. The quantitative estimate of drug-likeness (QED) is 0.815. The Kier molecular flexibility index (Phi) is 5.05. The van der Waals surface area contributed by atoms with E-state index in [4.69, 9.17) is 9.26 Å². The first kappa shape index (κ1) is 17.0. The van der Waals surface area contributed by atoms with Crippen molar-refractivity contribution >= 4 is 5.91 Å². The van der Waals surface area contributed by atoms with Gasteiger partial charge in [-0.3, -0.25) is 14.6 Å². The molecule has 0 bridgehead atoms. The number of carbonyl (C=O) groups is 1. The van der Waals surface area contributed by atoms with Gasteiger partial charge in [0.2, 0.25) is 0 Å². The van der Waals surface area contributed by atoms with Gasteiger partial charge >= 0.3 is 0 Å². The van der Waals surface area contributed by atoms with E-state index in [2.05, 4.69) is 21.9 Å². The van der Waals surface area contributed by atoms with E-state index in [1.165, 1.54) is 25.8 Å². The summed E-state index contributed by atoms with van der Waals surface area (Å²) in [5.74, 6) is 0.755. The second-order valence-electron chi connectivity index (χ2n) is 7.51. The second-order valence-corrected chi connectivity index (χ2v) is 7.51. The van der Waals surface area contributed by atoms with Crippen molar-refractivity contribution in [1.29, 1.82) is 0 Å². The van der Waals surface area contributed by atoms with Crippen molar-refractivity contribution in [2.45, 2.75) is 44.8 Å². The molecule has 1 unspecified atom stereocenters. The Morgan fingerprint density at radius 3 is 2.80 bits per heavy atom. The lowest BCUT2D eigenvalue weighted by atomic mass is 9.97. The largest absolute Gasteiger partial charge is 0.379 e. The highest BCUT2D eigenvalue weighted by molar-refractivity contribution is 5.92. The minimum absolute atomic E-state index is 0.00195. The molecule has 3 aliphatic rings. The molecule has 0 saturated carbocycles. The van der Waals surface area contributed by atoms with Crippen molar-refractivity contribution < 1.29 is 14.1 Å². The van der Waals surface area contributed by atoms with Crippen molar-refractivity contribution in [3.05, 3.63) is 17.5 Å². The zero-order valence-corrected chi connectivity index (χ0v) is 15.0. The molecule has 1 amide bonds. The molecule has 3 aliphatic heterocycles. The first-order valence-corrected chi connectivity index (χ1v) is 9.51. The molecule has 1 aromatic heterocycles. The van der Waals surface area contributed by atoms with Gasteiger partial charge in [-0.15, -0.1) is 0 Å². The predicted octanol–water partition coefficient (Wildman–Crippen LogP) is 1.21. The number of amides is 1. The van der Waals surface area contributed by atoms with Gasteiger partial charge in [0, 0.05) is 44.3 Å². The third kappa shape index (κ3) is 3.73. The van der Waals surface area contributed by atoms with Crippen LogP contribution in [0.15, 0.2) is 10.6 Å². The summed E-state index contributed by atoms with van der Waals surface area (Å²) in [5.41, 5.74) is 0.438. The minimum Gasteiger partial charge on any atom is -0.379 e. The molecule has 3 saturated heterocycles. The number of ether oxygens (including phenoxy) is 1. The van der Waals surface area contributed by atoms with Gasteiger partial charge in [-0.25, -0.2) is 0 Å². The van der Waals surface area contributed by atoms with Crippen LogP contribution in [0.1, 0.15) is 42.4 Å². The smallest absolute Gasteiger partial charge is 0.276 e. The van der Waals surface area contributed by atoms with Crippen LogP contribution in [0, 0.1) is 0 Å². The van der Waals surface area contributed by atoms with Crippen molar-refractivity contribution in [3.8, 4) is 0 Å². The zero-order chi connectivity index (χ0) is 17.2. The number of likely N-dealkylation sites (tertiary alicyclic amines) is 2. The Morgan fingerprint density at radius 2 is 2.04 bits per heavy atom. The van der Waals surface area contributed by atoms with Crippen LogP contribution in [0.3, 0.4) is 0 Å². The summed E-state index contributed by atoms with van der Waals surface area (Å²) in [5, 5.41) is 4.00. The summed E-state index contributed by atoms with van der Waals surface area (Å²) in [6.07, 6.45) is 3.89. The maximum Gasteiger partial charge on any atom is 0.276 e. The van der Waals surface area contributed by atoms with E-state index in [9.17, 15) is 4.79 Å². The first-order chi connectivity index (χ1) is 12.2. The highest BCUT2D eigenvalue weighted by atomic mass is 16.5. The van der Waals surface area contributed by atoms with E-state index >= 15 is 0 Å². The van der Waals surface area contributed by atoms with Gasteiger partial charge in [-0.1, -0.05) is 11.6 Å². The van der Waals surface area contributed by atoms with Crippen molar-refractivity contribution in [1.82, 2.24) is 19.9 Å². The number of nitrogens with zero attached hydrogens (tertiary/aromatic N) is 4. The molecule has 0 radical (unpaired) electrons. The third-order valence-corrected chi connectivity index (χ3v) is 5.73. The van der Waals surface area contributed by atoms with Gasteiger partial charge in [-0.2, -0.15) is 0 Å². The van der Waals surface area contributed by atoms with Gasteiger partial charge in [0.15, 0.2) is 11.5 Å². The zero-order valence-electron chi connectivity index (χ0n) is 15.0. The molecular formula is C18H28N4O3.